The van der Waals surface area contributed by atoms with Crippen molar-refractivity contribution in [3.05, 3.63) is 18.7 Å². The van der Waals surface area contributed by atoms with Crippen LogP contribution in [0.3, 0.4) is 0 Å². The van der Waals surface area contributed by atoms with Gasteiger partial charge in [-0.3, -0.25) is 4.40 Å². The molecule has 1 fully saturated rings. The van der Waals surface area contributed by atoms with Crippen molar-refractivity contribution in [2.24, 2.45) is 0 Å². The molecule has 6 heteroatoms. The van der Waals surface area contributed by atoms with Crippen LogP contribution in [0.1, 0.15) is 19.3 Å². The second-order valence-corrected chi connectivity index (χ2v) is 4.76. The molecular formula is C12H18N6. The molecule has 2 aromatic heterocycles. The van der Waals surface area contributed by atoms with Crippen LogP contribution in [0.2, 0.25) is 0 Å². The number of rotatable bonds is 2. The zero-order valence-electron chi connectivity index (χ0n) is 10.6. The van der Waals surface area contributed by atoms with Gasteiger partial charge in [0.15, 0.2) is 5.82 Å². The minimum Gasteiger partial charge on any atom is -0.353 e. The van der Waals surface area contributed by atoms with Gasteiger partial charge in [-0.2, -0.15) is 0 Å². The lowest BCUT2D eigenvalue weighted by atomic mass is 10.1. The molecule has 1 saturated heterocycles. The first-order valence-electron chi connectivity index (χ1n) is 6.44. The summed E-state index contributed by atoms with van der Waals surface area (Å²) in [5, 5.41) is 11.5. The average molecular weight is 246 g/mol. The van der Waals surface area contributed by atoms with Crippen LogP contribution in [0, 0.1) is 0 Å². The summed E-state index contributed by atoms with van der Waals surface area (Å²) in [6.07, 6.45) is 8.94. The van der Waals surface area contributed by atoms with Gasteiger partial charge in [-0.05, 0) is 32.4 Å². The Labute approximate surface area is 106 Å². The summed E-state index contributed by atoms with van der Waals surface area (Å²) < 4.78 is 1.91. The quantitative estimate of drug-likeness (QED) is 0.845. The minimum atomic E-state index is 0.524. The molecule has 1 aliphatic rings. The van der Waals surface area contributed by atoms with Crippen molar-refractivity contribution in [3.8, 4) is 0 Å². The smallest absolute Gasteiger partial charge is 0.203 e. The van der Waals surface area contributed by atoms with E-state index in [4.69, 9.17) is 0 Å². The van der Waals surface area contributed by atoms with Crippen molar-refractivity contribution in [1.29, 1.82) is 0 Å². The van der Waals surface area contributed by atoms with Crippen molar-refractivity contribution in [2.75, 3.05) is 25.0 Å². The first-order valence-corrected chi connectivity index (χ1v) is 6.44. The molecule has 1 unspecified atom stereocenters. The third kappa shape index (κ3) is 2.03. The summed E-state index contributed by atoms with van der Waals surface area (Å²) in [6.45, 7) is 2.19. The second-order valence-electron chi connectivity index (χ2n) is 4.76. The van der Waals surface area contributed by atoms with Crippen LogP contribution in [0.15, 0.2) is 18.7 Å². The molecule has 2 aromatic rings. The maximum atomic E-state index is 4.47. The number of aromatic nitrogens is 4. The Kier molecular flexibility index (Phi) is 3.10. The van der Waals surface area contributed by atoms with E-state index < -0.39 is 0 Å². The predicted molar refractivity (Wildman–Crippen MR) is 69.7 cm³/mol. The molecule has 0 bridgehead atoms. The van der Waals surface area contributed by atoms with Gasteiger partial charge in [-0.1, -0.05) is 0 Å². The monoisotopic (exact) mass is 246 g/mol. The Morgan fingerprint density at radius 2 is 2.33 bits per heavy atom. The number of anilines is 1. The molecule has 3 rings (SSSR count). The van der Waals surface area contributed by atoms with Crippen LogP contribution in [-0.4, -0.2) is 45.8 Å². The van der Waals surface area contributed by atoms with Gasteiger partial charge in [0.05, 0.1) is 0 Å². The van der Waals surface area contributed by atoms with Crippen LogP contribution >= 0.6 is 0 Å². The largest absolute Gasteiger partial charge is 0.353 e. The molecular weight excluding hydrogens is 228 g/mol. The summed E-state index contributed by atoms with van der Waals surface area (Å²) in [5.74, 6) is 0.918. The van der Waals surface area contributed by atoms with E-state index in [1.165, 1.54) is 12.8 Å². The normalized spacial score (nSPS) is 20.8. The highest BCUT2D eigenvalue weighted by atomic mass is 15.3. The first-order chi connectivity index (χ1) is 8.86. The lowest BCUT2D eigenvalue weighted by molar-refractivity contribution is 0.563. The highest BCUT2D eigenvalue weighted by molar-refractivity contribution is 5.63. The van der Waals surface area contributed by atoms with Crippen LogP contribution in [0.5, 0.6) is 0 Å². The molecule has 1 aliphatic heterocycles. The van der Waals surface area contributed by atoms with E-state index in [-0.39, 0.29) is 0 Å². The Morgan fingerprint density at radius 3 is 3.28 bits per heavy atom. The topological polar surface area (TPSA) is 58.4 Å². The second kappa shape index (κ2) is 4.89. The molecule has 0 radical (unpaired) electrons. The van der Waals surface area contributed by atoms with Gasteiger partial charge in [0.25, 0.3) is 0 Å². The van der Waals surface area contributed by atoms with E-state index in [2.05, 4.69) is 32.4 Å². The molecule has 0 aliphatic carbocycles. The maximum Gasteiger partial charge on any atom is 0.203 e. The highest BCUT2D eigenvalue weighted by Crippen LogP contribution is 2.21. The fourth-order valence-corrected chi connectivity index (χ4v) is 2.55. The third-order valence-electron chi connectivity index (χ3n) is 3.62. The number of hydrogen-bond donors (Lipinski definition) is 1. The van der Waals surface area contributed by atoms with Crippen molar-refractivity contribution in [2.45, 2.75) is 25.3 Å². The molecule has 3 heterocycles. The van der Waals surface area contributed by atoms with Crippen molar-refractivity contribution in [1.82, 2.24) is 24.9 Å². The van der Waals surface area contributed by atoms with Crippen molar-refractivity contribution >= 4 is 11.5 Å². The molecule has 6 nitrogen and oxygen atoms in total. The standard InChI is InChI=1S/C12H18N6/c1-17(10-3-2-5-13-6-4-10)11-12-16-15-9-18(12)8-7-14-11/h7-10,13H,2-6H2,1H3. The van der Waals surface area contributed by atoms with Gasteiger partial charge in [0, 0.05) is 25.5 Å². The number of nitrogens with zero attached hydrogens (tertiary/aromatic N) is 5. The van der Waals surface area contributed by atoms with E-state index >= 15 is 0 Å². The van der Waals surface area contributed by atoms with Gasteiger partial charge in [0.1, 0.15) is 6.33 Å². The molecule has 0 aromatic carbocycles. The third-order valence-corrected chi connectivity index (χ3v) is 3.62. The van der Waals surface area contributed by atoms with Crippen LogP contribution in [0.25, 0.3) is 5.65 Å². The molecule has 18 heavy (non-hydrogen) atoms. The fraction of sp³-hybridized carbons (Fsp3) is 0.583. The van der Waals surface area contributed by atoms with Crippen LogP contribution in [0.4, 0.5) is 5.82 Å². The van der Waals surface area contributed by atoms with Crippen LogP contribution < -0.4 is 10.2 Å². The maximum absolute atomic E-state index is 4.47. The Bertz CT molecular complexity index is 514. The lowest BCUT2D eigenvalue weighted by Gasteiger charge is -2.27. The Morgan fingerprint density at radius 1 is 1.39 bits per heavy atom. The summed E-state index contributed by atoms with van der Waals surface area (Å²) >= 11 is 0. The Hall–Kier alpha value is -1.69. The van der Waals surface area contributed by atoms with Gasteiger partial charge in [0.2, 0.25) is 5.65 Å². The lowest BCUT2D eigenvalue weighted by Crippen LogP contribution is -2.33. The predicted octanol–water partition coefficient (Wildman–Crippen LogP) is 0.703. The summed E-state index contributed by atoms with van der Waals surface area (Å²) in [7, 11) is 2.10. The van der Waals surface area contributed by atoms with E-state index in [0.29, 0.717) is 6.04 Å². The van der Waals surface area contributed by atoms with E-state index in [1.807, 2.05) is 10.6 Å². The molecule has 1 atom stereocenters. The van der Waals surface area contributed by atoms with Crippen LogP contribution in [-0.2, 0) is 0 Å². The van der Waals surface area contributed by atoms with E-state index in [1.54, 1.807) is 12.5 Å². The first kappa shape index (κ1) is 11.4. The summed E-state index contributed by atoms with van der Waals surface area (Å²) in [5.41, 5.74) is 0.831. The van der Waals surface area contributed by atoms with Gasteiger partial charge < -0.3 is 10.2 Å². The number of fused-ring (bicyclic) bond motifs is 1. The molecule has 0 saturated carbocycles. The zero-order chi connectivity index (χ0) is 12.4. The van der Waals surface area contributed by atoms with Crippen molar-refractivity contribution in [3.63, 3.8) is 0 Å². The molecule has 0 spiro atoms. The van der Waals surface area contributed by atoms with Gasteiger partial charge >= 0.3 is 0 Å². The summed E-state index contributed by atoms with van der Waals surface area (Å²) in [4.78, 5) is 6.71. The Balaban J connectivity index is 1.90. The van der Waals surface area contributed by atoms with Crippen molar-refractivity contribution < 1.29 is 0 Å². The van der Waals surface area contributed by atoms with E-state index in [0.717, 1.165) is 31.0 Å². The zero-order valence-corrected chi connectivity index (χ0v) is 10.6. The highest BCUT2D eigenvalue weighted by Gasteiger charge is 2.20. The number of hydrogen-bond acceptors (Lipinski definition) is 5. The average Bonchev–Trinajstić information content (AvgIpc) is 2.71. The molecule has 0 amide bonds. The molecule has 1 N–H and O–H groups in total. The summed E-state index contributed by atoms with van der Waals surface area (Å²) in [6, 6.07) is 0.524. The molecule has 96 valence electrons. The van der Waals surface area contributed by atoms with Gasteiger partial charge in [-0.25, -0.2) is 4.98 Å². The van der Waals surface area contributed by atoms with E-state index in [9.17, 15) is 0 Å². The minimum absolute atomic E-state index is 0.524. The SMILES string of the molecule is CN(c1nccn2cnnc12)C1CCCNCC1. The fourth-order valence-electron chi connectivity index (χ4n) is 2.55. The number of nitrogens with one attached hydrogen (secondary N) is 1. The van der Waals surface area contributed by atoms with Gasteiger partial charge in [-0.15, -0.1) is 10.2 Å².